The summed E-state index contributed by atoms with van der Waals surface area (Å²) >= 11 is 0. The number of ether oxygens (including phenoxy) is 2. The van der Waals surface area contributed by atoms with Crippen LogP contribution < -0.4 is 9.47 Å². The summed E-state index contributed by atoms with van der Waals surface area (Å²) in [6, 6.07) is 16.0. The van der Waals surface area contributed by atoms with Gasteiger partial charge in [0.15, 0.2) is 0 Å². The number of hydrogen-bond acceptors (Lipinski definition) is 3. The first kappa shape index (κ1) is 13.7. The van der Waals surface area contributed by atoms with Gasteiger partial charge in [0.2, 0.25) is 0 Å². The van der Waals surface area contributed by atoms with Crippen molar-refractivity contribution in [2.45, 2.75) is 32.0 Å². The maximum absolute atomic E-state index is 10.6. The van der Waals surface area contributed by atoms with E-state index in [0.29, 0.717) is 13.0 Å². The molecule has 0 bridgehead atoms. The highest BCUT2D eigenvalue weighted by molar-refractivity contribution is 5.51. The second-order valence-electron chi connectivity index (χ2n) is 5.22. The molecule has 1 atom stereocenters. The van der Waals surface area contributed by atoms with E-state index in [-0.39, 0.29) is 6.10 Å². The molecule has 0 saturated carbocycles. The smallest absolute Gasteiger partial charge is 0.126 e. The average molecular weight is 282 g/mol. The van der Waals surface area contributed by atoms with Gasteiger partial charge in [-0.05, 0) is 30.0 Å². The number of fused-ring (bicyclic) bond motifs is 1. The lowest BCUT2D eigenvalue weighted by molar-refractivity contribution is -0.109. The van der Waals surface area contributed by atoms with Crippen molar-refractivity contribution in [3.05, 3.63) is 59.7 Å². The van der Waals surface area contributed by atoms with Crippen LogP contribution in [0.15, 0.2) is 48.5 Å². The maximum Gasteiger partial charge on any atom is 0.126 e. The number of benzene rings is 2. The van der Waals surface area contributed by atoms with Gasteiger partial charge in [-0.15, -0.1) is 0 Å². The molecule has 3 heteroatoms. The fourth-order valence-corrected chi connectivity index (χ4v) is 2.51. The van der Waals surface area contributed by atoms with Crippen LogP contribution in [0.5, 0.6) is 11.5 Å². The normalized spacial score (nSPS) is 16.7. The van der Waals surface area contributed by atoms with Crippen LogP contribution >= 0.6 is 0 Å². The molecular weight excluding hydrogens is 264 g/mol. The highest BCUT2D eigenvalue weighted by atomic mass is 16.5. The molecule has 0 radical (unpaired) electrons. The molecule has 1 unspecified atom stereocenters. The Balaban J connectivity index is 1.68. The van der Waals surface area contributed by atoms with Gasteiger partial charge in [-0.3, -0.25) is 0 Å². The summed E-state index contributed by atoms with van der Waals surface area (Å²) in [5.41, 5.74) is 2.32. The van der Waals surface area contributed by atoms with Crippen molar-refractivity contribution in [1.29, 1.82) is 0 Å². The fourth-order valence-electron chi connectivity index (χ4n) is 2.51. The molecule has 1 heterocycles. The van der Waals surface area contributed by atoms with E-state index in [1.165, 1.54) is 5.56 Å². The Morgan fingerprint density at radius 3 is 2.86 bits per heavy atom. The lowest BCUT2D eigenvalue weighted by atomic mass is 10.0. The number of carbonyl (C=O) groups excluding carboxylic acids is 1. The van der Waals surface area contributed by atoms with Crippen molar-refractivity contribution in [2.75, 3.05) is 0 Å². The molecule has 0 N–H and O–H groups in total. The molecule has 2 aromatic carbocycles. The minimum Gasteiger partial charge on any atom is -0.490 e. The van der Waals surface area contributed by atoms with E-state index >= 15 is 0 Å². The highest BCUT2D eigenvalue weighted by Crippen LogP contribution is 2.32. The van der Waals surface area contributed by atoms with Crippen molar-refractivity contribution < 1.29 is 14.3 Å². The highest BCUT2D eigenvalue weighted by Gasteiger charge is 2.19. The molecule has 3 rings (SSSR count). The van der Waals surface area contributed by atoms with Crippen molar-refractivity contribution in [3.8, 4) is 11.5 Å². The minimum absolute atomic E-state index is 0.000580. The first-order valence-electron chi connectivity index (χ1n) is 7.25. The monoisotopic (exact) mass is 282 g/mol. The maximum atomic E-state index is 10.6. The first-order valence-corrected chi connectivity index (χ1v) is 7.25. The van der Waals surface area contributed by atoms with Gasteiger partial charge < -0.3 is 14.3 Å². The van der Waals surface area contributed by atoms with Gasteiger partial charge in [0.05, 0.1) is 0 Å². The third-order valence-electron chi connectivity index (χ3n) is 3.68. The predicted octanol–water partition coefficient (Wildman–Crippen LogP) is 3.55. The van der Waals surface area contributed by atoms with E-state index in [9.17, 15) is 4.79 Å². The van der Waals surface area contributed by atoms with E-state index in [4.69, 9.17) is 9.47 Å². The van der Waals surface area contributed by atoms with Crippen molar-refractivity contribution >= 4 is 6.29 Å². The summed E-state index contributed by atoms with van der Waals surface area (Å²) in [5, 5.41) is 0. The molecular formula is C18H18O3. The number of aldehydes is 1. The number of aryl methyl sites for hydroxylation is 1. The molecule has 1 aliphatic rings. The van der Waals surface area contributed by atoms with Crippen LogP contribution in [0, 0.1) is 0 Å². The SMILES string of the molecule is O=CCC1CCc2ccc(OCc3ccccc3)cc2O1. The zero-order chi connectivity index (χ0) is 14.5. The van der Waals surface area contributed by atoms with Crippen LogP contribution in [0.3, 0.4) is 0 Å². The van der Waals surface area contributed by atoms with Gasteiger partial charge in [0.25, 0.3) is 0 Å². The van der Waals surface area contributed by atoms with Crippen molar-refractivity contribution in [2.24, 2.45) is 0 Å². The first-order chi connectivity index (χ1) is 10.3. The fraction of sp³-hybridized carbons (Fsp3) is 0.278. The summed E-state index contributed by atoms with van der Waals surface area (Å²) in [6.07, 6.45) is 3.22. The Morgan fingerprint density at radius 1 is 1.19 bits per heavy atom. The third-order valence-corrected chi connectivity index (χ3v) is 3.68. The van der Waals surface area contributed by atoms with E-state index in [1.54, 1.807) is 0 Å². The standard InChI is InChI=1S/C18H18O3/c19-11-10-16-8-6-15-7-9-17(12-18(15)21-16)20-13-14-4-2-1-3-5-14/h1-5,7,9,11-12,16H,6,8,10,13H2. The van der Waals surface area contributed by atoms with Crippen LogP contribution in [0.25, 0.3) is 0 Å². The molecule has 2 aromatic rings. The van der Waals surface area contributed by atoms with E-state index in [2.05, 4.69) is 0 Å². The number of carbonyl (C=O) groups is 1. The largest absolute Gasteiger partial charge is 0.490 e. The summed E-state index contributed by atoms with van der Waals surface area (Å²) in [7, 11) is 0. The average Bonchev–Trinajstić information content (AvgIpc) is 2.54. The Bertz CT molecular complexity index is 607. The molecule has 3 nitrogen and oxygen atoms in total. The second-order valence-corrected chi connectivity index (χ2v) is 5.22. The second kappa shape index (κ2) is 6.44. The molecule has 108 valence electrons. The van der Waals surface area contributed by atoms with Crippen LogP contribution in [0.4, 0.5) is 0 Å². The van der Waals surface area contributed by atoms with E-state index < -0.39 is 0 Å². The Labute approximate surface area is 124 Å². The summed E-state index contributed by atoms with van der Waals surface area (Å²) < 4.78 is 11.7. The van der Waals surface area contributed by atoms with E-state index in [0.717, 1.165) is 36.2 Å². The van der Waals surface area contributed by atoms with Gasteiger partial charge in [0.1, 0.15) is 30.5 Å². The van der Waals surface area contributed by atoms with Crippen molar-refractivity contribution in [3.63, 3.8) is 0 Å². The summed E-state index contributed by atoms with van der Waals surface area (Å²) in [6.45, 7) is 0.539. The third kappa shape index (κ3) is 3.43. The summed E-state index contributed by atoms with van der Waals surface area (Å²) in [5.74, 6) is 1.64. The lowest BCUT2D eigenvalue weighted by Gasteiger charge is -2.25. The van der Waals surface area contributed by atoms with Gasteiger partial charge >= 0.3 is 0 Å². The van der Waals surface area contributed by atoms with Crippen molar-refractivity contribution in [1.82, 2.24) is 0 Å². The Hall–Kier alpha value is -2.29. The molecule has 0 fully saturated rings. The molecule has 0 saturated heterocycles. The Kier molecular flexibility index (Phi) is 4.20. The molecule has 0 aromatic heterocycles. The quantitative estimate of drug-likeness (QED) is 0.787. The Morgan fingerprint density at radius 2 is 2.05 bits per heavy atom. The molecule has 0 amide bonds. The van der Waals surface area contributed by atoms with Crippen LogP contribution in [0.1, 0.15) is 24.0 Å². The molecule has 0 aliphatic carbocycles. The van der Waals surface area contributed by atoms with Crippen LogP contribution in [0.2, 0.25) is 0 Å². The molecule has 21 heavy (non-hydrogen) atoms. The predicted molar refractivity (Wildman–Crippen MR) is 80.6 cm³/mol. The van der Waals surface area contributed by atoms with E-state index in [1.807, 2.05) is 48.5 Å². The van der Waals surface area contributed by atoms with Gasteiger partial charge in [0, 0.05) is 12.5 Å². The lowest BCUT2D eigenvalue weighted by Crippen LogP contribution is -2.22. The minimum atomic E-state index is -0.000580. The summed E-state index contributed by atoms with van der Waals surface area (Å²) in [4.78, 5) is 10.6. The van der Waals surface area contributed by atoms with Gasteiger partial charge in [-0.25, -0.2) is 0 Å². The molecule has 0 spiro atoms. The molecule has 1 aliphatic heterocycles. The van der Waals surface area contributed by atoms with Crippen LogP contribution in [-0.4, -0.2) is 12.4 Å². The topological polar surface area (TPSA) is 35.5 Å². The number of rotatable bonds is 5. The van der Waals surface area contributed by atoms with Gasteiger partial charge in [-0.2, -0.15) is 0 Å². The number of hydrogen-bond donors (Lipinski definition) is 0. The van der Waals surface area contributed by atoms with Crippen LogP contribution in [-0.2, 0) is 17.8 Å². The van der Waals surface area contributed by atoms with Gasteiger partial charge in [-0.1, -0.05) is 36.4 Å². The zero-order valence-corrected chi connectivity index (χ0v) is 11.8. The zero-order valence-electron chi connectivity index (χ0n) is 11.8.